The lowest BCUT2D eigenvalue weighted by molar-refractivity contribution is -0.160. The molecule has 1 saturated heterocycles. The highest BCUT2D eigenvalue weighted by atomic mass is 16.2. The molecule has 1 aromatic carbocycles. The third-order valence-corrected chi connectivity index (χ3v) is 4.75. The van der Waals surface area contributed by atoms with Gasteiger partial charge < -0.3 is 5.73 Å². The van der Waals surface area contributed by atoms with Gasteiger partial charge in [-0.2, -0.15) is 0 Å². The quantitative estimate of drug-likeness (QED) is 0.778. The minimum absolute atomic E-state index is 0.0101. The van der Waals surface area contributed by atoms with E-state index in [-0.39, 0.29) is 29.9 Å². The van der Waals surface area contributed by atoms with E-state index >= 15 is 0 Å². The van der Waals surface area contributed by atoms with E-state index in [4.69, 9.17) is 5.73 Å². The molecule has 8 heteroatoms. The summed E-state index contributed by atoms with van der Waals surface area (Å²) in [6, 6.07) is 4.04. The summed E-state index contributed by atoms with van der Waals surface area (Å²) in [5, 5.41) is 0. The molecule has 136 valence electrons. The summed E-state index contributed by atoms with van der Waals surface area (Å²) in [7, 11) is 0. The topological polar surface area (TPSA) is 118 Å². The van der Waals surface area contributed by atoms with E-state index in [0.29, 0.717) is 4.90 Å². The standard InChI is InChI=1S/C18H19N3O5/c1-9(2)14(19)18(26)21-13(22)8-7-12(17(21)25)20-15(23)10-5-3-4-6-11(10)16(20)24/h3-6,9,12,14H,7-8,19H2,1-2H3. The number of amides is 5. The number of hydrogen-bond donors (Lipinski definition) is 1. The first-order chi connectivity index (χ1) is 12.3. The number of likely N-dealkylation sites (tertiary alicyclic amines) is 1. The van der Waals surface area contributed by atoms with Crippen LogP contribution >= 0.6 is 0 Å². The van der Waals surface area contributed by atoms with Crippen LogP contribution in [0.5, 0.6) is 0 Å². The van der Waals surface area contributed by atoms with Gasteiger partial charge in [0.15, 0.2) is 0 Å². The van der Waals surface area contributed by atoms with E-state index in [1.54, 1.807) is 26.0 Å². The van der Waals surface area contributed by atoms with E-state index in [0.717, 1.165) is 4.90 Å². The first kappa shape index (κ1) is 17.9. The maximum Gasteiger partial charge on any atom is 0.262 e. The third-order valence-electron chi connectivity index (χ3n) is 4.75. The normalized spacial score (nSPS) is 21.5. The predicted octanol–water partition coefficient (Wildman–Crippen LogP) is 0.310. The molecule has 2 aliphatic rings. The number of piperidine rings is 1. The van der Waals surface area contributed by atoms with Crippen molar-refractivity contribution in [2.75, 3.05) is 0 Å². The number of imide groups is 4. The molecule has 5 amide bonds. The molecule has 0 radical (unpaired) electrons. The summed E-state index contributed by atoms with van der Waals surface area (Å²) in [6.45, 7) is 3.40. The summed E-state index contributed by atoms with van der Waals surface area (Å²) >= 11 is 0. The Hall–Kier alpha value is -2.87. The van der Waals surface area contributed by atoms with Crippen LogP contribution in [0, 0.1) is 5.92 Å². The van der Waals surface area contributed by atoms with Crippen molar-refractivity contribution in [2.24, 2.45) is 11.7 Å². The van der Waals surface area contributed by atoms with E-state index in [1.165, 1.54) is 12.1 Å². The minimum atomic E-state index is -1.19. The first-order valence-corrected chi connectivity index (χ1v) is 8.38. The fourth-order valence-electron chi connectivity index (χ4n) is 3.16. The van der Waals surface area contributed by atoms with Crippen LogP contribution < -0.4 is 5.73 Å². The van der Waals surface area contributed by atoms with Gasteiger partial charge in [0.1, 0.15) is 6.04 Å². The van der Waals surface area contributed by atoms with E-state index < -0.39 is 41.6 Å². The maximum absolute atomic E-state index is 12.8. The van der Waals surface area contributed by atoms with Crippen molar-refractivity contribution in [1.82, 2.24) is 9.80 Å². The summed E-state index contributed by atoms with van der Waals surface area (Å²) in [5.74, 6) is -3.82. The van der Waals surface area contributed by atoms with Gasteiger partial charge in [0.05, 0.1) is 17.2 Å². The van der Waals surface area contributed by atoms with Gasteiger partial charge in [0, 0.05) is 6.42 Å². The van der Waals surface area contributed by atoms with Crippen molar-refractivity contribution in [3.8, 4) is 0 Å². The Morgan fingerprint density at radius 2 is 1.62 bits per heavy atom. The molecular weight excluding hydrogens is 338 g/mol. The zero-order chi connectivity index (χ0) is 19.2. The molecule has 1 aromatic rings. The Balaban J connectivity index is 1.92. The fraction of sp³-hybridized carbons (Fsp3) is 0.389. The number of benzene rings is 1. The highest BCUT2D eigenvalue weighted by Crippen LogP contribution is 2.29. The highest BCUT2D eigenvalue weighted by molar-refractivity contribution is 6.24. The first-order valence-electron chi connectivity index (χ1n) is 8.38. The molecule has 0 aliphatic carbocycles. The van der Waals surface area contributed by atoms with Crippen LogP contribution in [0.25, 0.3) is 0 Å². The number of carbonyl (C=O) groups excluding carboxylic acids is 5. The monoisotopic (exact) mass is 357 g/mol. The lowest BCUT2D eigenvalue weighted by atomic mass is 9.98. The molecule has 3 rings (SSSR count). The second-order valence-electron chi connectivity index (χ2n) is 6.76. The maximum atomic E-state index is 12.8. The largest absolute Gasteiger partial charge is 0.320 e. The molecule has 26 heavy (non-hydrogen) atoms. The van der Waals surface area contributed by atoms with E-state index in [1.807, 2.05) is 0 Å². The molecule has 0 saturated carbocycles. The number of carbonyl (C=O) groups is 5. The molecular formula is C18H19N3O5. The van der Waals surface area contributed by atoms with Gasteiger partial charge in [-0.25, -0.2) is 4.90 Å². The Bertz CT molecular complexity index is 797. The Morgan fingerprint density at radius 1 is 1.08 bits per heavy atom. The van der Waals surface area contributed by atoms with Crippen LogP contribution in [0.2, 0.25) is 0 Å². The lowest BCUT2D eigenvalue weighted by Gasteiger charge is -2.34. The second kappa shape index (κ2) is 6.45. The Kier molecular flexibility index (Phi) is 4.45. The molecule has 1 fully saturated rings. The predicted molar refractivity (Wildman–Crippen MR) is 89.6 cm³/mol. The van der Waals surface area contributed by atoms with Crippen LogP contribution in [0.1, 0.15) is 47.4 Å². The summed E-state index contributed by atoms with van der Waals surface area (Å²) in [4.78, 5) is 64.0. The molecule has 2 atom stereocenters. The fourth-order valence-corrected chi connectivity index (χ4v) is 3.16. The molecule has 0 spiro atoms. The zero-order valence-corrected chi connectivity index (χ0v) is 14.5. The number of nitrogens with two attached hydrogens (primary N) is 1. The Morgan fingerprint density at radius 3 is 2.12 bits per heavy atom. The lowest BCUT2D eigenvalue weighted by Crippen LogP contribution is -2.60. The molecule has 2 heterocycles. The molecule has 8 nitrogen and oxygen atoms in total. The number of fused-ring (bicyclic) bond motifs is 1. The van der Waals surface area contributed by atoms with E-state index in [2.05, 4.69) is 0 Å². The molecule has 0 bridgehead atoms. The molecule has 0 aromatic heterocycles. The smallest absolute Gasteiger partial charge is 0.262 e. The van der Waals surface area contributed by atoms with Gasteiger partial charge in [-0.05, 0) is 24.5 Å². The Labute approximate surface area is 149 Å². The van der Waals surface area contributed by atoms with Crippen LogP contribution in [0.3, 0.4) is 0 Å². The van der Waals surface area contributed by atoms with Gasteiger partial charge in [0.25, 0.3) is 23.6 Å². The van der Waals surface area contributed by atoms with Gasteiger partial charge in [-0.15, -0.1) is 0 Å². The third kappa shape index (κ3) is 2.62. The van der Waals surface area contributed by atoms with Crippen molar-refractivity contribution in [3.05, 3.63) is 35.4 Å². The van der Waals surface area contributed by atoms with Crippen LogP contribution in [0.4, 0.5) is 0 Å². The SMILES string of the molecule is CC(C)C(N)C(=O)N1C(=O)CCC(N2C(=O)c3ccccc3C2=O)C1=O. The minimum Gasteiger partial charge on any atom is -0.320 e. The molecule has 2 N–H and O–H groups in total. The van der Waals surface area contributed by atoms with Crippen LogP contribution in [-0.2, 0) is 14.4 Å². The van der Waals surface area contributed by atoms with Crippen molar-refractivity contribution < 1.29 is 24.0 Å². The average Bonchev–Trinajstić information content (AvgIpc) is 2.86. The number of rotatable bonds is 3. The number of hydrogen-bond acceptors (Lipinski definition) is 6. The van der Waals surface area contributed by atoms with Gasteiger partial charge in [0.2, 0.25) is 5.91 Å². The summed E-state index contributed by atoms with van der Waals surface area (Å²) < 4.78 is 0. The molecule has 2 aliphatic heterocycles. The van der Waals surface area contributed by atoms with Crippen molar-refractivity contribution in [1.29, 1.82) is 0 Å². The van der Waals surface area contributed by atoms with Gasteiger partial charge in [-0.1, -0.05) is 26.0 Å². The van der Waals surface area contributed by atoms with Gasteiger partial charge >= 0.3 is 0 Å². The van der Waals surface area contributed by atoms with Crippen molar-refractivity contribution >= 4 is 29.5 Å². The van der Waals surface area contributed by atoms with E-state index in [9.17, 15) is 24.0 Å². The van der Waals surface area contributed by atoms with Crippen molar-refractivity contribution in [3.63, 3.8) is 0 Å². The summed E-state index contributed by atoms with van der Waals surface area (Å²) in [5.41, 5.74) is 6.21. The highest BCUT2D eigenvalue weighted by Gasteiger charge is 2.49. The van der Waals surface area contributed by atoms with Crippen molar-refractivity contribution in [2.45, 2.75) is 38.8 Å². The van der Waals surface area contributed by atoms with Gasteiger partial charge in [-0.3, -0.25) is 28.9 Å². The zero-order valence-electron chi connectivity index (χ0n) is 14.5. The van der Waals surface area contributed by atoms with Crippen LogP contribution in [0.15, 0.2) is 24.3 Å². The molecule has 2 unspecified atom stereocenters. The average molecular weight is 357 g/mol. The number of nitrogens with zero attached hydrogens (tertiary/aromatic N) is 2. The second-order valence-corrected chi connectivity index (χ2v) is 6.76. The summed E-state index contributed by atoms with van der Waals surface area (Å²) in [6.07, 6.45) is -0.135. The van der Waals surface area contributed by atoms with Crippen LogP contribution in [-0.4, -0.2) is 51.4 Å².